The molecule has 0 amide bonds. The van der Waals surface area contributed by atoms with Crippen LogP contribution in [0.2, 0.25) is 0 Å². The van der Waals surface area contributed by atoms with Gasteiger partial charge in [-0.3, -0.25) is 9.36 Å². The first-order valence-electron chi connectivity index (χ1n) is 4.55. The smallest absolute Gasteiger partial charge is 0.256 e. The predicted molar refractivity (Wildman–Crippen MR) is 55.0 cm³/mol. The molecule has 3 heteroatoms. The molecule has 0 aliphatic carbocycles. The number of rotatable bonds is 0. The van der Waals surface area contributed by atoms with E-state index in [1.165, 1.54) is 0 Å². The Hall–Kier alpha value is -1.12. The van der Waals surface area contributed by atoms with E-state index in [2.05, 4.69) is 4.98 Å². The molecule has 1 heterocycles. The highest BCUT2D eigenvalue weighted by Gasteiger charge is 2.03. The molecule has 0 spiro atoms. The van der Waals surface area contributed by atoms with Crippen LogP contribution in [0.4, 0.5) is 0 Å². The summed E-state index contributed by atoms with van der Waals surface area (Å²) in [7, 11) is 1.73. The van der Waals surface area contributed by atoms with Gasteiger partial charge in [0.15, 0.2) is 0 Å². The molecule has 1 rings (SSSR count). The van der Waals surface area contributed by atoms with Crippen LogP contribution in [0.5, 0.6) is 0 Å². The molecule has 0 atom stereocenters. The van der Waals surface area contributed by atoms with Crippen LogP contribution in [0.3, 0.4) is 0 Å². The molecule has 0 saturated carbocycles. The maximum atomic E-state index is 11.3. The standard InChI is InChI=1S/C8H12N2O.C2H6/c1-5-6(2)9-7(3)10(4)8(5)11;1-2/h1-4H3;1-2H3. The lowest BCUT2D eigenvalue weighted by molar-refractivity contribution is 0.753. The minimum atomic E-state index is 0.0509. The summed E-state index contributed by atoms with van der Waals surface area (Å²) in [4.78, 5) is 15.5. The van der Waals surface area contributed by atoms with Crippen LogP contribution >= 0.6 is 0 Å². The Morgan fingerprint density at radius 3 is 2.08 bits per heavy atom. The number of hydrogen-bond donors (Lipinski definition) is 0. The molecular formula is C10H18N2O. The molecule has 0 unspecified atom stereocenters. The summed E-state index contributed by atoms with van der Waals surface area (Å²) in [5, 5.41) is 0. The summed E-state index contributed by atoms with van der Waals surface area (Å²) in [6, 6.07) is 0. The molecule has 0 saturated heterocycles. The van der Waals surface area contributed by atoms with Crippen LogP contribution in [-0.4, -0.2) is 9.55 Å². The lowest BCUT2D eigenvalue weighted by Crippen LogP contribution is -2.23. The highest BCUT2D eigenvalue weighted by Crippen LogP contribution is 1.96. The minimum Gasteiger partial charge on any atom is -0.300 e. The molecule has 0 aliphatic rings. The first-order valence-corrected chi connectivity index (χ1v) is 4.55. The molecule has 0 bridgehead atoms. The van der Waals surface area contributed by atoms with E-state index in [9.17, 15) is 4.79 Å². The molecular weight excluding hydrogens is 164 g/mol. The molecule has 0 N–H and O–H groups in total. The molecule has 1 aromatic rings. The zero-order chi connectivity index (χ0) is 10.6. The van der Waals surface area contributed by atoms with E-state index in [0.29, 0.717) is 0 Å². The summed E-state index contributed by atoms with van der Waals surface area (Å²) in [5.41, 5.74) is 1.61. The number of nitrogens with zero attached hydrogens (tertiary/aromatic N) is 2. The van der Waals surface area contributed by atoms with Crippen molar-refractivity contribution in [3.63, 3.8) is 0 Å². The summed E-state index contributed by atoms with van der Waals surface area (Å²) in [6.07, 6.45) is 0. The van der Waals surface area contributed by atoms with Crippen molar-refractivity contribution in [2.24, 2.45) is 7.05 Å². The molecule has 74 valence electrons. The Morgan fingerprint density at radius 2 is 1.62 bits per heavy atom. The van der Waals surface area contributed by atoms with Crippen LogP contribution in [0.15, 0.2) is 4.79 Å². The summed E-state index contributed by atoms with van der Waals surface area (Å²) in [6.45, 7) is 9.47. The largest absolute Gasteiger partial charge is 0.300 e. The van der Waals surface area contributed by atoms with Gasteiger partial charge in [0.2, 0.25) is 0 Å². The Balaban J connectivity index is 0.000000671. The zero-order valence-electron chi connectivity index (χ0n) is 9.30. The van der Waals surface area contributed by atoms with E-state index >= 15 is 0 Å². The second kappa shape index (κ2) is 4.80. The Kier molecular flexibility index (Phi) is 4.38. The van der Waals surface area contributed by atoms with E-state index in [1.807, 2.05) is 27.7 Å². The monoisotopic (exact) mass is 182 g/mol. The van der Waals surface area contributed by atoms with Crippen molar-refractivity contribution in [3.05, 3.63) is 27.4 Å². The molecule has 0 fully saturated rings. The third-order valence-electron chi connectivity index (χ3n) is 1.98. The highest BCUT2D eigenvalue weighted by molar-refractivity contribution is 5.14. The minimum absolute atomic E-state index is 0.0509. The number of aromatic nitrogens is 2. The highest BCUT2D eigenvalue weighted by atomic mass is 16.1. The molecule has 13 heavy (non-hydrogen) atoms. The van der Waals surface area contributed by atoms with Crippen LogP contribution in [0.1, 0.15) is 30.9 Å². The van der Waals surface area contributed by atoms with Gasteiger partial charge in [0, 0.05) is 18.3 Å². The van der Waals surface area contributed by atoms with Gasteiger partial charge in [0.05, 0.1) is 0 Å². The van der Waals surface area contributed by atoms with E-state index < -0.39 is 0 Å². The Bertz CT molecular complexity index is 310. The van der Waals surface area contributed by atoms with Crippen molar-refractivity contribution in [1.82, 2.24) is 9.55 Å². The fourth-order valence-electron chi connectivity index (χ4n) is 0.955. The second-order valence-corrected chi connectivity index (χ2v) is 2.73. The molecule has 0 aromatic carbocycles. The average molecular weight is 182 g/mol. The van der Waals surface area contributed by atoms with E-state index in [4.69, 9.17) is 0 Å². The Morgan fingerprint density at radius 1 is 1.15 bits per heavy atom. The average Bonchev–Trinajstić information content (AvgIpc) is 2.15. The van der Waals surface area contributed by atoms with Crippen LogP contribution in [0, 0.1) is 20.8 Å². The molecule has 3 nitrogen and oxygen atoms in total. The Labute approximate surface area is 79.4 Å². The van der Waals surface area contributed by atoms with Gasteiger partial charge >= 0.3 is 0 Å². The summed E-state index contributed by atoms with van der Waals surface area (Å²) in [5.74, 6) is 0.762. The fourth-order valence-corrected chi connectivity index (χ4v) is 0.955. The first kappa shape index (κ1) is 11.9. The van der Waals surface area contributed by atoms with Gasteiger partial charge in [-0.15, -0.1) is 0 Å². The second-order valence-electron chi connectivity index (χ2n) is 2.73. The molecule has 0 aliphatic heterocycles. The van der Waals surface area contributed by atoms with Gasteiger partial charge in [-0.2, -0.15) is 0 Å². The molecule has 1 aromatic heterocycles. The fraction of sp³-hybridized carbons (Fsp3) is 0.600. The van der Waals surface area contributed by atoms with Crippen LogP contribution in [-0.2, 0) is 7.05 Å². The molecule has 0 radical (unpaired) electrons. The SMILES string of the molecule is CC.Cc1nc(C)n(C)c(=O)c1C. The van der Waals surface area contributed by atoms with Gasteiger partial charge in [0.25, 0.3) is 5.56 Å². The van der Waals surface area contributed by atoms with Crippen molar-refractivity contribution in [2.45, 2.75) is 34.6 Å². The lowest BCUT2D eigenvalue weighted by Gasteiger charge is -2.05. The van der Waals surface area contributed by atoms with Gasteiger partial charge in [-0.05, 0) is 20.8 Å². The van der Waals surface area contributed by atoms with Gasteiger partial charge in [-0.1, -0.05) is 13.8 Å². The van der Waals surface area contributed by atoms with Gasteiger partial charge in [0.1, 0.15) is 5.82 Å². The van der Waals surface area contributed by atoms with Crippen molar-refractivity contribution >= 4 is 0 Å². The van der Waals surface area contributed by atoms with Crippen LogP contribution in [0.25, 0.3) is 0 Å². The van der Waals surface area contributed by atoms with E-state index in [0.717, 1.165) is 17.1 Å². The third-order valence-corrected chi connectivity index (χ3v) is 1.98. The van der Waals surface area contributed by atoms with E-state index in [-0.39, 0.29) is 5.56 Å². The van der Waals surface area contributed by atoms with Gasteiger partial charge < -0.3 is 0 Å². The van der Waals surface area contributed by atoms with Gasteiger partial charge in [-0.25, -0.2) is 4.98 Å². The zero-order valence-corrected chi connectivity index (χ0v) is 9.30. The quantitative estimate of drug-likeness (QED) is 0.612. The first-order chi connectivity index (χ1) is 6.04. The number of aryl methyl sites for hydroxylation is 2. The van der Waals surface area contributed by atoms with E-state index in [1.54, 1.807) is 18.5 Å². The van der Waals surface area contributed by atoms with Crippen molar-refractivity contribution in [1.29, 1.82) is 0 Å². The summed E-state index contributed by atoms with van der Waals surface area (Å²) < 4.78 is 1.56. The van der Waals surface area contributed by atoms with Crippen molar-refractivity contribution in [2.75, 3.05) is 0 Å². The lowest BCUT2D eigenvalue weighted by atomic mass is 10.2. The number of hydrogen-bond acceptors (Lipinski definition) is 2. The maximum absolute atomic E-state index is 11.3. The maximum Gasteiger partial charge on any atom is 0.256 e. The predicted octanol–water partition coefficient (Wildman–Crippen LogP) is 1.73. The van der Waals surface area contributed by atoms with Crippen LogP contribution < -0.4 is 5.56 Å². The third kappa shape index (κ3) is 2.41. The van der Waals surface area contributed by atoms with Crippen molar-refractivity contribution < 1.29 is 0 Å². The topological polar surface area (TPSA) is 34.9 Å². The van der Waals surface area contributed by atoms with Crippen molar-refractivity contribution in [3.8, 4) is 0 Å². The normalized spacial score (nSPS) is 9.08. The summed E-state index contributed by atoms with van der Waals surface area (Å²) >= 11 is 0.